The number of nitrogens with one attached hydrogen (secondary N) is 1. The van der Waals surface area contributed by atoms with Crippen molar-refractivity contribution in [1.29, 1.82) is 0 Å². The molecule has 1 aliphatic carbocycles. The number of aromatic amines is 1. The molecule has 1 spiro atoms. The van der Waals surface area contributed by atoms with Gasteiger partial charge < -0.3 is 15.2 Å². The van der Waals surface area contributed by atoms with E-state index in [-0.39, 0.29) is 5.41 Å². The largest absolute Gasteiger partial charge is 0.489 e. The van der Waals surface area contributed by atoms with Crippen molar-refractivity contribution in [2.24, 2.45) is 5.41 Å². The Morgan fingerprint density at radius 3 is 2.45 bits per heavy atom. The highest BCUT2D eigenvalue weighted by Gasteiger charge is 2.46. The molecule has 0 saturated heterocycles. The predicted octanol–water partition coefficient (Wildman–Crippen LogP) is 2.52. The smallest absolute Gasteiger partial charge is 0.161 e. The molecular weight excluding hydrogens is 254 g/mol. The van der Waals surface area contributed by atoms with Gasteiger partial charge in [-0.3, -0.25) is 5.10 Å². The van der Waals surface area contributed by atoms with Gasteiger partial charge in [-0.25, -0.2) is 0 Å². The van der Waals surface area contributed by atoms with E-state index in [9.17, 15) is 0 Å². The third-order valence-corrected chi connectivity index (χ3v) is 4.20. The number of benzene rings is 1. The minimum Gasteiger partial charge on any atom is -0.489 e. The number of fused-ring (bicyclic) bond motifs is 1. The van der Waals surface area contributed by atoms with Gasteiger partial charge >= 0.3 is 0 Å². The van der Waals surface area contributed by atoms with E-state index >= 15 is 0 Å². The highest BCUT2D eigenvalue weighted by Crippen LogP contribution is 2.49. The summed E-state index contributed by atoms with van der Waals surface area (Å²) < 4.78 is 11.9. The number of hydrogen-bond acceptors (Lipinski definition) is 4. The summed E-state index contributed by atoms with van der Waals surface area (Å²) in [6.07, 6.45) is 2.40. The van der Waals surface area contributed by atoms with Crippen molar-refractivity contribution in [3.8, 4) is 22.8 Å². The predicted molar refractivity (Wildman–Crippen MR) is 75.8 cm³/mol. The molecule has 5 nitrogen and oxygen atoms in total. The summed E-state index contributed by atoms with van der Waals surface area (Å²) in [5.74, 6) is 2.13. The monoisotopic (exact) mass is 271 g/mol. The molecule has 2 heterocycles. The minimum absolute atomic E-state index is 0.255. The van der Waals surface area contributed by atoms with Crippen LogP contribution in [0.5, 0.6) is 11.5 Å². The maximum Gasteiger partial charge on any atom is 0.161 e. The van der Waals surface area contributed by atoms with Crippen LogP contribution in [0.1, 0.15) is 18.4 Å². The summed E-state index contributed by atoms with van der Waals surface area (Å²) in [4.78, 5) is 0. The summed E-state index contributed by atoms with van der Waals surface area (Å²) in [5, 5.41) is 6.92. The number of rotatable bonds is 1. The third kappa shape index (κ3) is 1.81. The van der Waals surface area contributed by atoms with Crippen LogP contribution in [0.15, 0.2) is 18.2 Å². The average Bonchev–Trinajstić information content (AvgIpc) is 3.13. The molecule has 1 aromatic carbocycles. The summed E-state index contributed by atoms with van der Waals surface area (Å²) >= 11 is 0. The lowest BCUT2D eigenvalue weighted by Gasteiger charge is -2.11. The lowest BCUT2D eigenvalue weighted by molar-refractivity contribution is 0.197. The van der Waals surface area contributed by atoms with Gasteiger partial charge in [-0.15, -0.1) is 0 Å². The van der Waals surface area contributed by atoms with Crippen LogP contribution in [0.4, 0.5) is 5.82 Å². The fourth-order valence-corrected chi connectivity index (χ4v) is 2.62. The lowest BCUT2D eigenvalue weighted by atomic mass is 10.0. The molecule has 2 aromatic rings. The van der Waals surface area contributed by atoms with Crippen molar-refractivity contribution < 1.29 is 9.47 Å². The zero-order valence-corrected chi connectivity index (χ0v) is 11.4. The van der Waals surface area contributed by atoms with E-state index in [1.165, 1.54) is 12.8 Å². The topological polar surface area (TPSA) is 73.2 Å². The quantitative estimate of drug-likeness (QED) is 0.836. The number of nitrogens with zero attached hydrogens (tertiary/aromatic N) is 1. The number of hydrogen-bond donors (Lipinski definition) is 2. The fourth-order valence-electron chi connectivity index (χ4n) is 2.62. The number of anilines is 1. The van der Waals surface area contributed by atoms with Crippen LogP contribution in [-0.2, 0) is 0 Å². The Bertz CT molecular complexity index is 674. The van der Waals surface area contributed by atoms with E-state index in [0.717, 1.165) is 41.5 Å². The average molecular weight is 271 g/mol. The number of aryl methyl sites for hydroxylation is 1. The van der Waals surface area contributed by atoms with Crippen LogP contribution in [0.3, 0.4) is 0 Å². The van der Waals surface area contributed by atoms with Crippen molar-refractivity contribution in [2.45, 2.75) is 19.8 Å². The van der Waals surface area contributed by atoms with Crippen LogP contribution >= 0.6 is 0 Å². The number of ether oxygens (including phenoxy) is 2. The molecule has 1 fully saturated rings. The highest BCUT2D eigenvalue weighted by molar-refractivity contribution is 5.69. The molecular formula is C15H17N3O2. The van der Waals surface area contributed by atoms with E-state index < -0.39 is 0 Å². The summed E-state index contributed by atoms with van der Waals surface area (Å²) in [5.41, 5.74) is 8.99. The van der Waals surface area contributed by atoms with Gasteiger partial charge in [0.15, 0.2) is 11.5 Å². The van der Waals surface area contributed by atoms with Crippen LogP contribution in [-0.4, -0.2) is 23.4 Å². The van der Waals surface area contributed by atoms with Gasteiger partial charge in [-0.2, -0.15) is 5.10 Å². The maximum absolute atomic E-state index is 5.96. The second-order valence-corrected chi connectivity index (χ2v) is 5.90. The van der Waals surface area contributed by atoms with Crippen LogP contribution in [0.2, 0.25) is 0 Å². The molecule has 5 heteroatoms. The Morgan fingerprint density at radius 2 is 1.85 bits per heavy atom. The van der Waals surface area contributed by atoms with Gasteiger partial charge in [-0.1, -0.05) is 0 Å². The Hall–Kier alpha value is -2.17. The third-order valence-electron chi connectivity index (χ3n) is 4.20. The van der Waals surface area contributed by atoms with Crippen LogP contribution < -0.4 is 15.2 Å². The van der Waals surface area contributed by atoms with Crippen molar-refractivity contribution >= 4 is 5.82 Å². The zero-order chi connectivity index (χ0) is 13.7. The Kier molecular flexibility index (Phi) is 2.28. The second-order valence-electron chi connectivity index (χ2n) is 5.90. The van der Waals surface area contributed by atoms with Gasteiger partial charge in [0, 0.05) is 17.0 Å². The second kappa shape index (κ2) is 3.91. The molecule has 2 aliphatic rings. The standard InChI is InChI=1S/C15H17N3O2/c1-9-4-12-13(20-8-15(2-3-15)7-19-12)5-10(9)11-6-14(16)18-17-11/h4-6H,2-3,7-8H2,1H3,(H3,16,17,18). The van der Waals surface area contributed by atoms with Gasteiger partial charge in [0.25, 0.3) is 0 Å². The van der Waals surface area contributed by atoms with Gasteiger partial charge in [-0.05, 0) is 37.5 Å². The van der Waals surface area contributed by atoms with Gasteiger partial charge in [0.2, 0.25) is 0 Å². The first-order valence-electron chi connectivity index (χ1n) is 6.87. The molecule has 1 aromatic heterocycles. The molecule has 1 aliphatic heterocycles. The number of nitrogens with two attached hydrogens (primary N) is 1. The van der Waals surface area contributed by atoms with E-state index in [2.05, 4.69) is 10.2 Å². The highest BCUT2D eigenvalue weighted by atomic mass is 16.5. The SMILES string of the molecule is Cc1cc2c(cc1-c1cc(N)n[nH]1)OCC1(CC1)CO2. The van der Waals surface area contributed by atoms with Crippen molar-refractivity contribution in [3.63, 3.8) is 0 Å². The molecule has 1 saturated carbocycles. The van der Waals surface area contributed by atoms with Gasteiger partial charge in [0.1, 0.15) is 5.82 Å². The molecule has 20 heavy (non-hydrogen) atoms. The molecule has 0 radical (unpaired) electrons. The Balaban J connectivity index is 1.74. The summed E-state index contributed by atoms with van der Waals surface area (Å²) in [6.45, 7) is 3.55. The molecule has 0 atom stereocenters. The summed E-state index contributed by atoms with van der Waals surface area (Å²) in [7, 11) is 0. The van der Waals surface area contributed by atoms with Crippen LogP contribution in [0.25, 0.3) is 11.3 Å². The van der Waals surface area contributed by atoms with E-state index in [0.29, 0.717) is 5.82 Å². The molecule has 0 bridgehead atoms. The zero-order valence-electron chi connectivity index (χ0n) is 11.4. The molecule has 104 valence electrons. The fraction of sp³-hybridized carbons (Fsp3) is 0.400. The van der Waals surface area contributed by atoms with Crippen molar-refractivity contribution in [1.82, 2.24) is 10.2 Å². The van der Waals surface area contributed by atoms with Gasteiger partial charge in [0.05, 0.1) is 18.9 Å². The van der Waals surface area contributed by atoms with E-state index in [1.807, 2.05) is 25.1 Å². The number of nitrogen functional groups attached to an aromatic ring is 1. The first-order chi connectivity index (χ1) is 9.65. The summed E-state index contributed by atoms with van der Waals surface area (Å²) in [6, 6.07) is 5.87. The molecule has 4 rings (SSSR count). The van der Waals surface area contributed by atoms with Crippen molar-refractivity contribution in [2.75, 3.05) is 18.9 Å². The normalized spacial score (nSPS) is 18.9. The lowest BCUT2D eigenvalue weighted by Crippen LogP contribution is -2.17. The first kappa shape index (κ1) is 11.6. The molecule has 3 N–H and O–H groups in total. The minimum atomic E-state index is 0.255. The maximum atomic E-state index is 5.96. The Labute approximate surface area is 117 Å². The van der Waals surface area contributed by atoms with E-state index in [4.69, 9.17) is 15.2 Å². The molecule has 0 unspecified atom stereocenters. The first-order valence-corrected chi connectivity index (χ1v) is 6.87. The number of H-pyrrole nitrogens is 1. The number of aromatic nitrogens is 2. The molecule has 0 amide bonds. The van der Waals surface area contributed by atoms with E-state index in [1.54, 1.807) is 0 Å². The van der Waals surface area contributed by atoms with Crippen molar-refractivity contribution in [3.05, 3.63) is 23.8 Å². The van der Waals surface area contributed by atoms with Crippen LogP contribution in [0, 0.1) is 12.3 Å². The Morgan fingerprint density at radius 1 is 1.15 bits per heavy atom.